The van der Waals surface area contributed by atoms with E-state index in [1.807, 2.05) is 24.3 Å². The van der Waals surface area contributed by atoms with Crippen LogP contribution in [0, 0.1) is 5.92 Å². The summed E-state index contributed by atoms with van der Waals surface area (Å²) in [5.74, 6) is 0.974. The zero-order chi connectivity index (χ0) is 21.6. The SMILES string of the molecule is CCCC1(CC(C)C)c2ccccc2-c2ccc(-c3ccc4ccccc4c3O)cc21. The first kappa shape index (κ1) is 19.9. The molecule has 1 aliphatic carbocycles. The Hall–Kier alpha value is -3.06. The molecule has 0 spiro atoms. The molecule has 0 aromatic heterocycles. The van der Waals surface area contributed by atoms with Gasteiger partial charge in [-0.15, -0.1) is 0 Å². The fraction of sp³-hybridized carbons (Fsp3) is 0.267. The quantitative estimate of drug-likeness (QED) is 0.353. The summed E-state index contributed by atoms with van der Waals surface area (Å²) in [6, 6.07) is 28.0. The predicted octanol–water partition coefficient (Wildman–Crippen LogP) is 8.33. The van der Waals surface area contributed by atoms with Crippen molar-refractivity contribution in [3.8, 4) is 28.0 Å². The van der Waals surface area contributed by atoms with Crippen LogP contribution < -0.4 is 0 Å². The first-order valence-corrected chi connectivity index (χ1v) is 11.5. The third kappa shape index (κ3) is 3.07. The second-order valence-corrected chi connectivity index (χ2v) is 9.42. The minimum Gasteiger partial charge on any atom is -0.507 e. The van der Waals surface area contributed by atoms with Crippen LogP contribution in [0.3, 0.4) is 0 Å². The van der Waals surface area contributed by atoms with Gasteiger partial charge >= 0.3 is 0 Å². The molecule has 156 valence electrons. The lowest BCUT2D eigenvalue weighted by molar-refractivity contribution is 0.377. The van der Waals surface area contributed by atoms with Gasteiger partial charge in [-0.1, -0.05) is 100.0 Å². The molecule has 4 aromatic rings. The molecule has 31 heavy (non-hydrogen) atoms. The second-order valence-electron chi connectivity index (χ2n) is 9.42. The van der Waals surface area contributed by atoms with Crippen molar-refractivity contribution < 1.29 is 5.11 Å². The monoisotopic (exact) mass is 406 g/mol. The highest BCUT2D eigenvalue weighted by atomic mass is 16.3. The van der Waals surface area contributed by atoms with E-state index < -0.39 is 0 Å². The van der Waals surface area contributed by atoms with Crippen molar-refractivity contribution in [1.82, 2.24) is 0 Å². The number of benzene rings is 4. The second kappa shape index (κ2) is 7.57. The molecule has 0 amide bonds. The third-order valence-electron chi connectivity index (χ3n) is 6.91. The van der Waals surface area contributed by atoms with Crippen molar-refractivity contribution in [2.24, 2.45) is 5.92 Å². The Labute approximate surface area is 185 Å². The van der Waals surface area contributed by atoms with Gasteiger partial charge < -0.3 is 5.11 Å². The van der Waals surface area contributed by atoms with E-state index in [1.54, 1.807) is 0 Å². The highest BCUT2D eigenvalue weighted by molar-refractivity contribution is 5.95. The van der Waals surface area contributed by atoms with Gasteiger partial charge in [-0.2, -0.15) is 0 Å². The van der Waals surface area contributed by atoms with Gasteiger partial charge in [0.15, 0.2) is 0 Å². The fourth-order valence-corrected chi connectivity index (χ4v) is 5.83. The molecule has 5 rings (SSSR count). The van der Waals surface area contributed by atoms with Gasteiger partial charge in [0, 0.05) is 16.4 Å². The summed E-state index contributed by atoms with van der Waals surface area (Å²) in [6.07, 6.45) is 3.42. The molecule has 1 atom stereocenters. The Morgan fingerprint density at radius 2 is 1.48 bits per heavy atom. The molecule has 0 saturated carbocycles. The first-order chi connectivity index (χ1) is 15.0. The Kier molecular flexibility index (Phi) is 4.85. The van der Waals surface area contributed by atoms with E-state index in [2.05, 4.69) is 75.4 Å². The maximum atomic E-state index is 11.1. The number of aromatic hydroxyl groups is 1. The lowest BCUT2D eigenvalue weighted by Gasteiger charge is -2.34. The van der Waals surface area contributed by atoms with Gasteiger partial charge in [-0.3, -0.25) is 0 Å². The molecule has 4 aromatic carbocycles. The summed E-state index contributed by atoms with van der Waals surface area (Å²) < 4.78 is 0. The van der Waals surface area contributed by atoms with E-state index in [-0.39, 0.29) is 5.41 Å². The molecule has 0 fully saturated rings. The topological polar surface area (TPSA) is 20.2 Å². The van der Waals surface area contributed by atoms with Crippen molar-refractivity contribution in [2.75, 3.05) is 0 Å². The van der Waals surface area contributed by atoms with Crippen LogP contribution in [0.15, 0.2) is 78.9 Å². The van der Waals surface area contributed by atoms with Crippen molar-refractivity contribution in [3.05, 3.63) is 90.0 Å². The summed E-state index contributed by atoms with van der Waals surface area (Å²) in [5.41, 5.74) is 7.67. The van der Waals surface area contributed by atoms with E-state index in [1.165, 1.54) is 22.3 Å². The predicted molar refractivity (Wildman–Crippen MR) is 132 cm³/mol. The largest absolute Gasteiger partial charge is 0.507 e. The van der Waals surface area contributed by atoms with Crippen LogP contribution in [0.5, 0.6) is 5.75 Å². The molecule has 1 unspecified atom stereocenters. The van der Waals surface area contributed by atoms with Crippen LogP contribution >= 0.6 is 0 Å². The van der Waals surface area contributed by atoms with Crippen LogP contribution in [0.25, 0.3) is 33.0 Å². The Morgan fingerprint density at radius 1 is 0.774 bits per heavy atom. The van der Waals surface area contributed by atoms with Crippen LogP contribution in [-0.2, 0) is 5.41 Å². The Bertz CT molecular complexity index is 1270. The van der Waals surface area contributed by atoms with Crippen LogP contribution in [0.1, 0.15) is 51.2 Å². The zero-order valence-electron chi connectivity index (χ0n) is 18.7. The van der Waals surface area contributed by atoms with Crippen molar-refractivity contribution in [3.63, 3.8) is 0 Å². The van der Waals surface area contributed by atoms with E-state index >= 15 is 0 Å². The van der Waals surface area contributed by atoms with Crippen molar-refractivity contribution in [1.29, 1.82) is 0 Å². The van der Waals surface area contributed by atoms with Gasteiger partial charge in [0.25, 0.3) is 0 Å². The third-order valence-corrected chi connectivity index (χ3v) is 6.91. The van der Waals surface area contributed by atoms with Gasteiger partial charge in [0.05, 0.1) is 0 Å². The van der Waals surface area contributed by atoms with Gasteiger partial charge in [-0.25, -0.2) is 0 Å². The number of hydrogen-bond acceptors (Lipinski definition) is 1. The molecule has 0 saturated heterocycles. The highest BCUT2D eigenvalue weighted by Crippen LogP contribution is 2.55. The van der Waals surface area contributed by atoms with E-state index in [0.29, 0.717) is 11.7 Å². The average molecular weight is 407 g/mol. The number of phenolic OH excluding ortho intramolecular Hbond substituents is 1. The Balaban J connectivity index is 1.74. The minimum absolute atomic E-state index is 0.0390. The van der Waals surface area contributed by atoms with E-state index in [0.717, 1.165) is 41.2 Å². The zero-order valence-corrected chi connectivity index (χ0v) is 18.7. The minimum atomic E-state index is 0.0390. The van der Waals surface area contributed by atoms with E-state index in [4.69, 9.17) is 0 Å². The molecule has 1 nitrogen and oxygen atoms in total. The summed E-state index contributed by atoms with van der Waals surface area (Å²) in [7, 11) is 0. The van der Waals surface area contributed by atoms with E-state index in [9.17, 15) is 5.11 Å². The summed E-state index contributed by atoms with van der Waals surface area (Å²) in [4.78, 5) is 0. The Morgan fingerprint density at radius 3 is 2.29 bits per heavy atom. The molecule has 1 heteroatoms. The van der Waals surface area contributed by atoms with Gasteiger partial charge in [0.2, 0.25) is 0 Å². The molecule has 1 aliphatic rings. The number of hydrogen-bond donors (Lipinski definition) is 1. The summed E-state index contributed by atoms with van der Waals surface area (Å²) in [6.45, 7) is 6.95. The van der Waals surface area contributed by atoms with Crippen molar-refractivity contribution >= 4 is 10.8 Å². The molecule has 0 aliphatic heterocycles. The number of phenols is 1. The maximum absolute atomic E-state index is 11.1. The molecular formula is C30H30O. The van der Waals surface area contributed by atoms with Crippen molar-refractivity contribution in [2.45, 2.75) is 45.4 Å². The standard InChI is InChI=1S/C30H30O/c1-4-17-30(19-20(2)3)27-12-8-7-11-25(27)26-16-14-22(18-28(26)30)24-15-13-21-9-5-6-10-23(21)29(24)31/h5-16,18,20,31H,4,17,19H2,1-3H3. The van der Waals surface area contributed by atoms with Crippen LogP contribution in [0.2, 0.25) is 0 Å². The van der Waals surface area contributed by atoms with Crippen LogP contribution in [0.4, 0.5) is 0 Å². The first-order valence-electron chi connectivity index (χ1n) is 11.5. The number of rotatable bonds is 5. The van der Waals surface area contributed by atoms with Gasteiger partial charge in [-0.05, 0) is 58.0 Å². The normalized spacial score (nSPS) is 17.2. The molecule has 0 heterocycles. The lowest BCUT2D eigenvalue weighted by atomic mass is 9.69. The molecule has 1 N–H and O–H groups in total. The molecule has 0 bridgehead atoms. The highest BCUT2D eigenvalue weighted by Gasteiger charge is 2.42. The smallest absolute Gasteiger partial charge is 0.131 e. The summed E-state index contributed by atoms with van der Waals surface area (Å²) in [5, 5.41) is 13.1. The molecule has 0 radical (unpaired) electrons. The summed E-state index contributed by atoms with van der Waals surface area (Å²) >= 11 is 0. The fourth-order valence-electron chi connectivity index (χ4n) is 5.83. The average Bonchev–Trinajstić information content (AvgIpc) is 3.03. The van der Waals surface area contributed by atoms with Gasteiger partial charge in [0.1, 0.15) is 5.75 Å². The lowest BCUT2D eigenvalue weighted by Crippen LogP contribution is -2.27. The maximum Gasteiger partial charge on any atom is 0.131 e. The van der Waals surface area contributed by atoms with Crippen LogP contribution in [-0.4, -0.2) is 5.11 Å². The number of fused-ring (bicyclic) bond motifs is 4. The molecular weight excluding hydrogens is 376 g/mol.